The van der Waals surface area contributed by atoms with Gasteiger partial charge in [0.25, 0.3) is 0 Å². The van der Waals surface area contributed by atoms with E-state index >= 15 is 0 Å². The molecule has 0 aliphatic carbocycles. The molecular formula is C14H18N2O4. The molecule has 2 rings (SSSR count). The number of nitrogens with one attached hydrogen (secondary N) is 1. The molecule has 108 valence electrons. The first-order valence-electron chi connectivity index (χ1n) is 6.51. The standard InChI is InChI=1S/C14H18N2O4/c1-2-15-14(12(17)18)9-16(10-14)13(19)20-8-11-6-4-3-5-7-11/h3-7,15H,2,8-10H2,1H3,(H,17,18). The van der Waals surface area contributed by atoms with Crippen LogP contribution in [0.25, 0.3) is 0 Å². The van der Waals surface area contributed by atoms with E-state index in [1.54, 1.807) is 0 Å². The van der Waals surface area contributed by atoms with Crippen molar-refractivity contribution in [1.82, 2.24) is 10.2 Å². The second-order valence-corrected chi connectivity index (χ2v) is 4.81. The fourth-order valence-electron chi connectivity index (χ4n) is 2.21. The Morgan fingerprint density at radius 1 is 1.35 bits per heavy atom. The van der Waals surface area contributed by atoms with Gasteiger partial charge >= 0.3 is 12.1 Å². The smallest absolute Gasteiger partial charge is 0.410 e. The molecule has 2 N–H and O–H groups in total. The van der Waals surface area contributed by atoms with Gasteiger partial charge in [0.05, 0.1) is 13.1 Å². The highest BCUT2D eigenvalue weighted by Gasteiger charge is 2.51. The second-order valence-electron chi connectivity index (χ2n) is 4.81. The molecule has 1 heterocycles. The normalized spacial score (nSPS) is 16.4. The van der Waals surface area contributed by atoms with Crippen molar-refractivity contribution in [3.05, 3.63) is 35.9 Å². The van der Waals surface area contributed by atoms with Gasteiger partial charge < -0.3 is 14.7 Å². The van der Waals surface area contributed by atoms with Gasteiger partial charge in [-0.2, -0.15) is 0 Å². The Kier molecular flexibility index (Phi) is 4.24. The number of hydrogen-bond acceptors (Lipinski definition) is 4. The average Bonchev–Trinajstić information content (AvgIpc) is 2.40. The zero-order valence-corrected chi connectivity index (χ0v) is 11.3. The predicted molar refractivity (Wildman–Crippen MR) is 72.2 cm³/mol. The number of ether oxygens (including phenoxy) is 1. The van der Waals surface area contributed by atoms with E-state index in [1.807, 2.05) is 37.3 Å². The van der Waals surface area contributed by atoms with Gasteiger partial charge in [0, 0.05) is 0 Å². The van der Waals surface area contributed by atoms with Crippen molar-refractivity contribution in [3.8, 4) is 0 Å². The highest BCUT2D eigenvalue weighted by Crippen LogP contribution is 2.22. The molecule has 0 radical (unpaired) electrons. The minimum absolute atomic E-state index is 0.129. The first-order valence-corrected chi connectivity index (χ1v) is 6.51. The van der Waals surface area contributed by atoms with Crippen LogP contribution in [-0.4, -0.2) is 47.2 Å². The van der Waals surface area contributed by atoms with E-state index in [0.717, 1.165) is 5.56 Å². The van der Waals surface area contributed by atoms with Crippen molar-refractivity contribution in [2.75, 3.05) is 19.6 Å². The predicted octanol–water partition coefficient (Wildman–Crippen LogP) is 1.07. The van der Waals surface area contributed by atoms with Crippen LogP contribution in [0.15, 0.2) is 30.3 Å². The van der Waals surface area contributed by atoms with Crippen molar-refractivity contribution in [3.63, 3.8) is 0 Å². The maximum atomic E-state index is 11.8. The fraction of sp³-hybridized carbons (Fsp3) is 0.429. The Balaban J connectivity index is 1.83. The number of carboxylic acids is 1. The number of benzene rings is 1. The van der Waals surface area contributed by atoms with Gasteiger partial charge in [-0.15, -0.1) is 0 Å². The maximum Gasteiger partial charge on any atom is 0.410 e. The maximum absolute atomic E-state index is 11.8. The van der Waals surface area contributed by atoms with Gasteiger partial charge in [-0.1, -0.05) is 37.3 Å². The summed E-state index contributed by atoms with van der Waals surface area (Å²) in [6.07, 6.45) is -0.483. The fourth-order valence-corrected chi connectivity index (χ4v) is 2.21. The van der Waals surface area contributed by atoms with Crippen LogP contribution in [0.3, 0.4) is 0 Å². The Hall–Kier alpha value is -2.08. The number of aliphatic carboxylic acids is 1. The van der Waals surface area contributed by atoms with Gasteiger partial charge in [0.1, 0.15) is 6.61 Å². The second kappa shape index (κ2) is 5.92. The molecule has 1 fully saturated rings. The molecule has 0 saturated carbocycles. The van der Waals surface area contributed by atoms with Crippen LogP contribution in [-0.2, 0) is 16.1 Å². The molecule has 0 bridgehead atoms. The van der Waals surface area contributed by atoms with Gasteiger partial charge in [-0.25, -0.2) is 4.79 Å². The highest BCUT2D eigenvalue weighted by atomic mass is 16.6. The van der Waals surface area contributed by atoms with Gasteiger partial charge in [-0.3, -0.25) is 10.1 Å². The Bertz CT molecular complexity index is 483. The molecular weight excluding hydrogens is 260 g/mol. The van der Waals surface area contributed by atoms with Crippen LogP contribution in [0.4, 0.5) is 4.79 Å². The summed E-state index contributed by atoms with van der Waals surface area (Å²) in [4.78, 5) is 24.4. The summed E-state index contributed by atoms with van der Waals surface area (Å²) in [7, 11) is 0. The molecule has 0 unspecified atom stereocenters. The summed E-state index contributed by atoms with van der Waals surface area (Å²) in [5.41, 5.74) is -0.127. The monoisotopic (exact) mass is 278 g/mol. The van der Waals surface area contributed by atoms with Crippen LogP contribution < -0.4 is 5.32 Å². The third-order valence-electron chi connectivity index (χ3n) is 3.31. The van der Waals surface area contributed by atoms with E-state index < -0.39 is 17.6 Å². The van der Waals surface area contributed by atoms with Gasteiger partial charge in [-0.05, 0) is 12.1 Å². The molecule has 0 atom stereocenters. The topological polar surface area (TPSA) is 78.9 Å². The lowest BCUT2D eigenvalue weighted by atomic mass is 9.90. The number of carboxylic acid groups (broad SMARTS) is 1. The Labute approximate surface area is 117 Å². The summed E-state index contributed by atoms with van der Waals surface area (Å²) < 4.78 is 5.15. The zero-order valence-electron chi connectivity index (χ0n) is 11.3. The number of nitrogens with zero attached hydrogens (tertiary/aromatic N) is 1. The molecule has 0 spiro atoms. The van der Waals surface area contributed by atoms with Crippen LogP contribution >= 0.6 is 0 Å². The number of carbonyl (C=O) groups excluding carboxylic acids is 1. The van der Waals surface area contributed by atoms with Gasteiger partial charge in [0.2, 0.25) is 0 Å². The summed E-state index contributed by atoms with van der Waals surface area (Å²) in [6, 6.07) is 9.35. The zero-order chi connectivity index (χ0) is 14.6. The lowest BCUT2D eigenvalue weighted by molar-refractivity contribution is -0.151. The molecule has 1 amide bonds. The lowest BCUT2D eigenvalue weighted by Gasteiger charge is -2.46. The van der Waals surface area contributed by atoms with Crippen LogP contribution in [0, 0.1) is 0 Å². The first-order chi connectivity index (χ1) is 9.57. The van der Waals surface area contributed by atoms with Crippen molar-refractivity contribution in [2.24, 2.45) is 0 Å². The van der Waals surface area contributed by atoms with E-state index in [1.165, 1.54) is 4.90 Å². The quantitative estimate of drug-likeness (QED) is 0.842. The average molecular weight is 278 g/mol. The molecule has 0 aromatic heterocycles. The van der Waals surface area contributed by atoms with Crippen LogP contribution in [0.2, 0.25) is 0 Å². The number of carbonyl (C=O) groups is 2. The highest BCUT2D eigenvalue weighted by molar-refractivity contribution is 5.84. The molecule has 6 nitrogen and oxygen atoms in total. The SMILES string of the molecule is CCNC1(C(=O)O)CN(C(=O)OCc2ccccc2)C1. The van der Waals surface area contributed by atoms with Crippen molar-refractivity contribution >= 4 is 12.1 Å². The van der Waals surface area contributed by atoms with Gasteiger partial charge in [0.15, 0.2) is 5.54 Å². The number of amides is 1. The lowest BCUT2D eigenvalue weighted by Crippen LogP contribution is -2.74. The first kappa shape index (κ1) is 14.3. The summed E-state index contributed by atoms with van der Waals surface area (Å²) in [5, 5.41) is 12.1. The summed E-state index contributed by atoms with van der Waals surface area (Å²) in [6.45, 7) is 2.82. The molecule has 20 heavy (non-hydrogen) atoms. The number of likely N-dealkylation sites (N-methyl/N-ethyl adjacent to an activating group) is 1. The molecule has 1 saturated heterocycles. The molecule has 6 heteroatoms. The van der Waals surface area contributed by atoms with E-state index in [4.69, 9.17) is 4.74 Å². The van der Waals surface area contributed by atoms with Crippen LogP contribution in [0.1, 0.15) is 12.5 Å². The van der Waals surface area contributed by atoms with Crippen molar-refractivity contribution < 1.29 is 19.4 Å². The summed E-state index contributed by atoms with van der Waals surface area (Å²) >= 11 is 0. The van der Waals surface area contributed by atoms with Crippen molar-refractivity contribution in [2.45, 2.75) is 19.1 Å². The van der Waals surface area contributed by atoms with E-state index in [-0.39, 0.29) is 19.7 Å². The molecule has 1 aromatic carbocycles. The number of hydrogen-bond donors (Lipinski definition) is 2. The van der Waals surface area contributed by atoms with E-state index in [0.29, 0.717) is 6.54 Å². The molecule has 1 aliphatic rings. The molecule has 1 aliphatic heterocycles. The van der Waals surface area contributed by atoms with Crippen molar-refractivity contribution in [1.29, 1.82) is 0 Å². The Morgan fingerprint density at radius 3 is 2.55 bits per heavy atom. The van der Waals surface area contributed by atoms with Crippen LogP contribution in [0.5, 0.6) is 0 Å². The third-order valence-corrected chi connectivity index (χ3v) is 3.31. The number of likely N-dealkylation sites (tertiary alicyclic amines) is 1. The minimum Gasteiger partial charge on any atom is -0.480 e. The molecule has 1 aromatic rings. The van der Waals surface area contributed by atoms with E-state index in [9.17, 15) is 14.7 Å². The third kappa shape index (κ3) is 2.91. The Morgan fingerprint density at radius 2 is 2.00 bits per heavy atom. The van der Waals surface area contributed by atoms with E-state index in [2.05, 4.69) is 5.32 Å². The minimum atomic E-state index is -1.03. The largest absolute Gasteiger partial charge is 0.480 e. The number of rotatable bonds is 5. The summed E-state index contributed by atoms with van der Waals surface area (Å²) in [5.74, 6) is -0.938.